The number of sulfonamides is 1. The highest BCUT2D eigenvalue weighted by Gasteiger charge is 2.27. The highest BCUT2D eigenvalue weighted by Crippen LogP contribution is 2.21. The third-order valence-electron chi connectivity index (χ3n) is 4.08. The van der Waals surface area contributed by atoms with Crippen LogP contribution in [0.25, 0.3) is 0 Å². The first kappa shape index (κ1) is 15.5. The number of hydrogen-bond donors (Lipinski definition) is 1. The summed E-state index contributed by atoms with van der Waals surface area (Å²) in [6.07, 6.45) is 2.62. The maximum Gasteiger partial charge on any atom is 0.251 e. The van der Waals surface area contributed by atoms with Gasteiger partial charge in [-0.3, -0.25) is 4.79 Å². The lowest BCUT2D eigenvalue weighted by atomic mass is 10.2. The van der Waals surface area contributed by atoms with Crippen LogP contribution in [0.2, 0.25) is 0 Å². The molecular weight excluding hydrogens is 304 g/mol. The van der Waals surface area contributed by atoms with Gasteiger partial charge in [0, 0.05) is 25.3 Å². The number of rotatable bonds is 4. The number of hydrogen-bond acceptors (Lipinski definition) is 4. The minimum atomic E-state index is -3.42. The van der Waals surface area contributed by atoms with Crippen LogP contribution < -0.4 is 5.32 Å². The predicted molar refractivity (Wildman–Crippen MR) is 81.1 cm³/mol. The molecule has 2 heterocycles. The molecule has 0 saturated carbocycles. The highest BCUT2D eigenvalue weighted by molar-refractivity contribution is 7.89. The van der Waals surface area contributed by atoms with E-state index in [-0.39, 0.29) is 16.8 Å². The molecule has 2 aliphatic rings. The van der Waals surface area contributed by atoms with Gasteiger partial charge in [0.1, 0.15) is 0 Å². The Morgan fingerprint density at radius 2 is 1.86 bits per heavy atom. The number of carbonyl (C=O) groups is 1. The molecule has 1 aromatic carbocycles. The molecular formula is C15H20N2O4S. The average molecular weight is 324 g/mol. The van der Waals surface area contributed by atoms with Crippen molar-refractivity contribution < 1.29 is 17.9 Å². The van der Waals surface area contributed by atoms with Crippen molar-refractivity contribution in [1.29, 1.82) is 0 Å². The topological polar surface area (TPSA) is 75.7 Å². The minimum absolute atomic E-state index is 0.0421. The van der Waals surface area contributed by atoms with Crippen LogP contribution in [0.5, 0.6) is 0 Å². The second-order valence-electron chi connectivity index (χ2n) is 5.67. The quantitative estimate of drug-likeness (QED) is 0.896. The third-order valence-corrected chi connectivity index (χ3v) is 6.00. The molecule has 3 rings (SSSR count). The number of amides is 1. The predicted octanol–water partition coefficient (Wildman–Crippen LogP) is 0.990. The summed E-state index contributed by atoms with van der Waals surface area (Å²) in [5.41, 5.74) is 0.465. The van der Waals surface area contributed by atoms with E-state index in [1.54, 1.807) is 12.1 Å². The zero-order chi connectivity index (χ0) is 15.6. The summed E-state index contributed by atoms with van der Waals surface area (Å²) in [6, 6.07) is 6.18. The summed E-state index contributed by atoms with van der Waals surface area (Å²) in [7, 11) is -3.42. The lowest BCUT2D eigenvalue weighted by Crippen LogP contribution is -2.35. The van der Waals surface area contributed by atoms with Crippen molar-refractivity contribution in [2.24, 2.45) is 0 Å². The molecule has 1 N–H and O–H groups in total. The normalized spacial score (nSPS) is 22.8. The van der Waals surface area contributed by atoms with Crippen LogP contribution in [0.4, 0.5) is 0 Å². The molecule has 120 valence electrons. The zero-order valence-electron chi connectivity index (χ0n) is 12.3. The van der Waals surface area contributed by atoms with E-state index >= 15 is 0 Å². The minimum Gasteiger partial charge on any atom is -0.379 e. The Morgan fingerprint density at radius 3 is 2.45 bits per heavy atom. The van der Waals surface area contributed by atoms with Gasteiger partial charge in [-0.15, -0.1) is 0 Å². The molecule has 22 heavy (non-hydrogen) atoms. The summed E-state index contributed by atoms with van der Waals surface area (Å²) in [5, 5.41) is 2.88. The molecule has 0 aromatic heterocycles. The molecule has 1 unspecified atom stereocenters. The SMILES string of the molecule is O=C(NC1CCOC1)c1ccc(S(=O)(=O)N2CCCC2)cc1. The van der Waals surface area contributed by atoms with Crippen molar-refractivity contribution in [2.45, 2.75) is 30.2 Å². The Hall–Kier alpha value is -1.44. The monoisotopic (exact) mass is 324 g/mol. The number of ether oxygens (including phenoxy) is 1. The Balaban J connectivity index is 1.70. The summed E-state index contributed by atoms with van der Waals surface area (Å²) in [6.45, 7) is 2.35. The maximum atomic E-state index is 12.4. The molecule has 2 saturated heterocycles. The number of carbonyl (C=O) groups excluding carboxylic acids is 1. The van der Waals surface area contributed by atoms with Crippen LogP contribution in [0.15, 0.2) is 29.2 Å². The van der Waals surface area contributed by atoms with Gasteiger partial charge < -0.3 is 10.1 Å². The van der Waals surface area contributed by atoms with Crippen LogP contribution in [0, 0.1) is 0 Å². The molecule has 6 nitrogen and oxygen atoms in total. The fourth-order valence-electron chi connectivity index (χ4n) is 2.77. The van der Waals surface area contributed by atoms with Gasteiger partial charge in [0.2, 0.25) is 10.0 Å². The van der Waals surface area contributed by atoms with E-state index in [2.05, 4.69) is 5.32 Å². The largest absolute Gasteiger partial charge is 0.379 e. The first-order valence-electron chi connectivity index (χ1n) is 7.56. The van der Waals surface area contributed by atoms with E-state index < -0.39 is 10.0 Å². The first-order chi connectivity index (χ1) is 10.6. The first-order valence-corrected chi connectivity index (χ1v) is 9.00. The Bertz CT molecular complexity index is 630. The van der Waals surface area contributed by atoms with E-state index in [0.717, 1.165) is 19.3 Å². The zero-order valence-corrected chi connectivity index (χ0v) is 13.1. The number of nitrogens with zero attached hydrogens (tertiary/aromatic N) is 1. The van der Waals surface area contributed by atoms with Gasteiger partial charge in [-0.05, 0) is 43.5 Å². The smallest absolute Gasteiger partial charge is 0.251 e. The van der Waals surface area contributed by atoms with Gasteiger partial charge in [-0.25, -0.2) is 8.42 Å². The van der Waals surface area contributed by atoms with Crippen molar-refractivity contribution >= 4 is 15.9 Å². The van der Waals surface area contributed by atoms with Gasteiger partial charge in [0.25, 0.3) is 5.91 Å². The summed E-state index contributed by atoms with van der Waals surface area (Å²) in [5.74, 6) is -0.194. The lowest BCUT2D eigenvalue weighted by molar-refractivity contribution is 0.0930. The van der Waals surface area contributed by atoms with Crippen LogP contribution >= 0.6 is 0 Å². The number of nitrogens with one attached hydrogen (secondary N) is 1. The molecule has 1 atom stereocenters. The van der Waals surface area contributed by atoms with E-state index in [1.165, 1.54) is 16.4 Å². The van der Waals surface area contributed by atoms with Crippen molar-refractivity contribution in [2.75, 3.05) is 26.3 Å². The fraction of sp³-hybridized carbons (Fsp3) is 0.533. The van der Waals surface area contributed by atoms with Crippen LogP contribution in [0.1, 0.15) is 29.6 Å². The highest BCUT2D eigenvalue weighted by atomic mass is 32.2. The molecule has 0 radical (unpaired) electrons. The van der Waals surface area contributed by atoms with Crippen LogP contribution in [-0.4, -0.2) is 51.0 Å². The molecule has 0 bridgehead atoms. The molecule has 1 amide bonds. The summed E-state index contributed by atoms with van der Waals surface area (Å²) >= 11 is 0. The van der Waals surface area contributed by atoms with E-state index in [9.17, 15) is 13.2 Å². The van der Waals surface area contributed by atoms with Gasteiger partial charge in [0.05, 0.1) is 17.5 Å². The van der Waals surface area contributed by atoms with Crippen LogP contribution in [-0.2, 0) is 14.8 Å². The van der Waals surface area contributed by atoms with Gasteiger partial charge in [0.15, 0.2) is 0 Å². The van der Waals surface area contributed by atoms with E-state index in [4.69, 9.17) is 4.74 Å². The average Bonchev–Trinajstić information content (AvgIpc) is 3.21. The van der Waals surface area contributed by atoms with Crippen molar-refractivity contribution in [3.63, 3.8) is 0 Å². The number of benzene rings is 1. The Labute approximate surface area is 130 Å². The van der Waals surface area contributed by atoms with E-state index in [0.29, 0.717) is 31.9 Å². The molecule has 7 heteroatoms. The second kappa shape index (κ2) is 6.36. The van der Waals surface area contributed by atoms with Gasteiger partial charge in [-0.1, -0.05) is 0 Å². The molecule has 0 spiro atoms. The fourth-order valence-corrected chi connectivity index (χ4v) is 4.29. The summed E-state index contributed by atoms with van der Waals surface area (Å²) in [4.78, 5) is 12.3. The van der Waals surface area contributed by atoms with Gasteiger partial charge in [-0.2, -0.15) is 4.31 Å². The second-order valence-corrected chi connectivity index (χ2v) is 7.61. The molecule has 0 aliphatic carbocycles. The molecule has 1 aromatic rings. The Kier molecular flexibility index (Phi) is 4.46. The van der Waals surface area contributed by atoms with Gasteiger partial charge >= 0.3 is 0 Å². The van der Waals surface area contributed by atoms with E-state index in [1.807, 2.05) is 0 Å². The summed E-state index contributed by atoms with van der Waals surface area (Å²) < 4.78 is 31.5. The maximum absolute atomic E-state index is 12.4. The van der Waals surface area contributed by atoms with Crippen molar-refractivity contribution in [3.8, 4) is 0 Å². The molecule has 2 aliphatic heterocycles. The lowest BCUT2D eigenvalue weighted by Gasteiger charge is -2.16. The van der Waals surface area contributed by atoms with Crippen LogP contribution in [0.3, 0.4) is 0 Å². The third kappa shape index (κ3) is 3.16. The Morgan fingerprint density at radius 1 is 1.18 bits per heavy atom. The van der Waals surface area contributed by atoms with Crippen molar-refractivity contribution in [1.82, 2.24) is 9.62 Å². The van der Waals surface area contributed by atoms with Crippen molar-refractivity contribution in [3.05, 3.63) is 29.8 Å². The molecule has 2 fully saturated rings. The standard InChI is InChI=1S/C15H20N2O4S/c18-15(16-13-7-10-21-11-13)12-3-5-14(6-4-12)22(19,20)17-8-1-2-9-17/h3-6,13H,1-2,7-11H2,(H,16,18).